The Morgan fingerprint density at radius 2 is 1.02 bits per heavy atom. The molecule has 8 aromatic carbocycles. The highest BCUT2D eigenvalue weighted by Crippen LogP contribution is 2.46. The molecule has 2 aliphatic carbocycles. The maximum absolute atomic E-state index is 5.43. The zero-order valence-electron chi connectivity index (χ0n) is 34.9. The lowest BCUT2D eigenvalue weighted by Crippen LogP contribution is -2.14. The molecule has 0 bridgehead atoms. The van der Waals surface area contributed by atoms with Gasteiger partial charge in [0, 0.05) is 56.1 Å². The minimum atomic E-state index is 0.258. The Bertz CT molecular complexity index is 3730. The lowest BCUT2D eigenvalue weighted by Gasteiger charge is -2.26. The molecule has 0 radical (unpaired) electrons. The van der Waals surface area contributed by atoms with E-state index in [1.54, 1.807) is 0 Å². The van der Waals surface area contributed by atoms with Crippen LogP contribution >= 0.6 is 0 Å². The number of fused-ring (bicyclic) bond motifs is 10. The predicted octanol–water partition coefficient (Wildman–Crippen LogP) is 15.2. The summed E-state index contributed by atoms with van der Waals surface area (Å²) < 4.78 is 4.93. The summed E-state index contributed by atoms with van der Waals surface area (Å²) in [5.41, 5.74) is 15.3. The van der Waals surface area contributed by atoms with Gasteiger partial charge in [0.05, 0.1) is 33.6 Å². The van der Waals surface area contributed by atoms with Crippen LogP contribution in [0.5, 0.6) is 0 Å². The highest BCUT2D eigenvalue weighted by Gasteiger charge is 2.30. The number of hydrogen-bond acceptors (Lipinski definition) is 2. The number of allylic oxidation sites excluding steroid dienone is 5. The molecule has 0 aliphatic heterocycles. The molecule has 3 aromatic heterocycles. The molecule has 0 fully saturated rings. The molecular formula is C60H40N4. The SMILES string of the molecule is C1=CC2C=Cc3c(c4ccccc4n3-c3cc(-c4cc(-c5cccc(-c6ccccc6)c5)nc(-c5ccccc5)n4)cc(-n4c5ccccc5c5c6ccccc6ccc54)c3)C2C=C1. The molecule has 3 heterocycles. The summed E-state index contributed by atoms with van der Waals surface area (Å²) in [6, 6.07) is 69.8. The van der Waals surface area contributed by atoms with E-state index in [1.807, 2.05) is 6.07 Å². The average Bonchev–Trinajstić information content (AvgIpc) is 3.90. The Labute approximate surface area is 371 Å². The Morgan fingerprint density at radius 3 is 1.83 bits per heavy atom. The summed E-state index contributed by atoms with van der Waals surface area (Å²) >= 11 is 0. The predicted molar refractivity (Wildman–Crippen MR) is 266 cm³/mol. The smallest absolute Gasteiger partial charge is 0.160 e. The molecular weight excluding hydrogens is 777 g/mol. The van der Waals surface area contributed by atoms with E-state index in [-0.39, 0.29) is 5.92 Å². The first-order valence-corrected chi connectivity index (χ1v) is 22.1. The fourth-order valence-corrected chi connectivity index (χ4v) is 10.3. The van der Waals surface area contributed by atoms with Gasteiger partial charge in [-0.2, -0.15) is 0 Å². The van der Waals surface area contributed by atoms with Crippen molar-refractivity contribution < 1.29 is 0 Å². The van der Waals surface area contributed by atoms with Crippen LogP contribution in [0.1, 0.15) is 17.2 Å². The van der Waals surface area contributed by atoms with Crippen LogP contribution in [0, 0.1) is 5.92 Å². The van der Waals surface area contributed by atoms with Crippen LogP contribution in [-0.2, 0) is 0 Å². The fourth-order valence-electron chi connectivity index (χ4n) is 10.3. The number of nitrogens with zero attached hydrogens (tertiary/aromatic N) is 4. The van der Waals surface area contributed by atoms with E-state index >= 15 is 0 Å². The number of rotatable bonds is 6. The third kappa shape index (κ3) is 5.84. The zero-order chi connectivity index (χ0) is 42.1. The van der Waals surface area contributed by atoms with Crippen molar-refractivity contribution in [3.8, 4) is 56.4 Å². The van der Waals surface area contributed by atoms with Gasteiger partial charge in [0.1, 0.15) is 0 Å². The van der Waals surface area contributed by atoms with Crippen molar-refractivity contribution in [3.05, 3.63) is 236 Å². The Hall–Kier alpha value is -8.34. The molecule has 0 amide bonds. The summed E-state index contributed by atoms with van der Waals surface area (Å²) in [6.07, 6.45) is 13.8. The minimum Gasteiger partial charge on any atom is -0.309 e. The molecule has 2 aliphatic rings. The summed E-state index contributed by atoms with van der Waals surface area (Å²) in [4.78, 5) is 10.7. The maximum atomic E-state index is 5.43. The van der Waals surface area contributed by atoms with E-state index in [4.69, 9.17) is 9.97 Å². The molecule has 64 heavy (non-hydrogen) atoms. The Morgan fingerprint density at radius 1 is 0.391 bits per heavy atom. The molecule has 0 saturated heterocycles. The summed E-state index contributed by atoms with van der Waals surface area (Å²) in [7, 11) is 0. The Kier molecular flexibility index (Phi) is 8.31. The minimum absolute atomic E-state index is 0.258. The maximum Gasteiger partial charge on any atom is 0.160 e. The second-order valence-corrected chi connectivity index (χ2v) is 16.9. The summed E-state index contributed by atoms with van der Waals surface area (Å²) in [5, 5.41) is 6.24. The average molecular weight is 817 g/mol. The van der Waals surface area contributed by atoms with Crippen LogP contribution in [0.4, 0.5) is 0 Å². The van der Waals surface area contributed by atoms with Gasteiger partial charge in [-0.25, -0.2) is 9.97 Å². The number of hydrogen-bond donors (Lipinski definition) is 0. The van der Waals surface area contributed by atoms with Crippen LogP contribution < -0.4 is 0 Å². The van der Waals surface area contributed by atoms with Crippen LogP contribution in [-0.4, -0.2) is 19.1 Å². The largest absolute Gasteiger partial charge is 0.309 e. The van der Waals surface area contributed by atoms with Crippen molar-refractivity contribution in [2.75, 3.05) is 0 Å². The molecule has 2 unspecified atom stereocenters. The number of benzene rings is 8. The second kappa shape index (κ2) is 14.6. The molecule has 4 heteroatoms. The van der Waals surface area contributed by atoms with Gasteiger partial charge in [-0.1, -0.05) is 176 Å². The molecule has 4 nitrogen and oxygen atoms in total. The van der Waals surface area contributed by atoms with E-state index in [0.717, 1.165) is 56.0 Å². The topological polar surface area (TPSA) is 35.6 Å². The number of aromatic nitrogens is 4. The van der Waals surface area contributed by atoms with Gasteiger partial charge in [-0.3, -0.25) is 0 Å². The van der Waals surface area contributed by atoms with Crippen molar-refractivity contribution in [2.24, 2.45) is 5.92 Å². The lowest BCUT2D eigenvalue weighted by molar-refractivity contribution is 0.693. The highest BCUT2D eigenvalue weighted by atomic mass is 15.0. The van der Waals surface area contributed by atoms with Crippen LogP contribution in [0.15, 0.2) is 225 Å². The van der Waals surface area contributed by atoms with Crippen LogP contribution in [0.3, 0.4) is 0 Å². The van der Waals surface area contributed by atoms with E-state index in [0.29, 0.717) is 11.7 Å². The van der Waals surface area contributed by atoms with Crippen LogP contribution in [0.25, 0.3) is 106 Å². The first-order chi connectivity index (χ1) is 31.7. The molecule has 0 N–H and O–H groups in total. The van der Waals surface area contributed by atoms with Crippen molar-refractivity contribution in [3.63, 3.8) is 0 Å². The molecule has 0 spiro atoms. The van der Waals surface area contributed by atoms with E-state index in [9.17, 15) is 0 Å². The normalized spacial score (nSPS) is 15.3. The van der Waals surface area contributed by atoms with Gasteiger partial charge in [-0.15, -0.1) is 0 Å². The molecule has 2 atom stereocenters. The molecule has 300 valence electrons. The van der Waals surface area contributed by atoms with E-state index < -0.39 is 0 Å². The third-order valence-corrected chi connectivity index (χ3v) is 13.2. The van der Waals surface area contributed by atoms with Crippen molar-refractivity contribution >= 4 is 49.6 Å². The van der Waals surface area contributed by atoms with Gasteiger partial charge in [0.25, 0.3) is 0 Å². The van der Waals surface area contributed by atoms with Crippen molar-refractivity contribution in [1.82, 2.24) is 19.1 Å². The van der Waals surface area contributed by atoms with Gasteiger partial charge in [0.2, 0.25) is 0 Å². The van der Waals surface area contributed by atoms with E-state index in [1.165, 1.54) is 49.3 Å². The Balaban J connectivity index is 1.11. The second-order valence-electron chi connectivity index (χ2n) is 16.9. The van der Waals surface area contributed by atoms with Gasteiger partial charge in [-0.05, 0) is 82.1 Å². The quantitative estimate of drug-likeness (QED) is 0.168. The highest BCUT2D eigenvalue weighted by molar-refractivity contribution is 6.21. The van der Waals surface area contributed by atoms with Crippen LogP contribution in [0.2, 0.25) is 0 Å². The van der Waals surface area contributed by atoms with Gasteiger partial charge in [0.15, 0.2) is 5.82 Å². The molecule has 11 aromatic rings. The van der Waals surface area contributed by atoms with Gasteiger partial charge < -0.3 is 9.13 Å². The standard InChI is InChI=1S/C60H40N4/c1-3-16-39(17-4-1)43-22-15-23-44(34-43)52-38-53(62-60(61-52)42-20-5-2-6-21-42)45-35-46(63-54-28-13-11-26-50(54)58-48-24-9-7-18-40(48)30-32-56(58)63)37-47(36-45)64-55-29-14-12-27-51(55)59-49-25-10-8-19-41(49)31-33-57(59)64/h1-38,40,48H. The molecule has 13 rings (SSSR count). The third-order valence-electron chi connectivity index (χ3n) is 13.2. The van der Waals surface area contributed by atoms with Crippen molar-refractivity contribution in [2.45, 2.75) is 5.92 Å². The summed E-state index contributed by atoms with van der Waals surface area (Å²) in [6.45, 7) is 0. The monoisotopic (exact) mass is 816 g/mol. The first kappa shape index (κ1) is 36.3. The summed E-state index contributed by atoms with van der Waals surface area (Å²) in [5.74, 6) is 1.26. The fraction of sp³-hybridized carbons (Fsp3) is 0.0333. The van der Waals surface area contributed by atoms with E-state index in [2.05, 4.69) is 234 Å². The van der Waals surface area contributed by atoms with Crippen molar-refractivity contribution in [1.29, 1.82) is 0 Å². The number of para-hydroxylation sites is 2. The lowest BCUT2D eigenvalue weighted by atomic mass is 9.78. The molecule has 0 saturated carbocycles. The first-order valence-electron chi connectivity index (χ1n) is 22.1. The van der Waals surface area contributed by atoms with Gasteiger partial charge >= 0.3 is 0 Å². The zero-order valence-corrected chi connectivity index (χ0v) is 34.9.